The smallest absolute Gasteiger partial charge is 0.255 e. The predicted molar refractivity (Wildman–Crippen MR) is 112 cm³/mol. The maximum Gasteiger partial charge on any atom is 0.255 e. The third kappa shape index (κ3) is 4.50. The van der Waals surface area contributed by atoms with E-state index in [1.54, 1.807) is 31.2 Å². The molecule has 4 rings (SSSR count). The molecule has 1 aliphatic heterocycles. The first-order chi connectivity index (χ1) is 14.5. The molecule has 1 saturated heterocycles. The van der Waals surface area contributed by atoms with E-state index in [1.165, 1.54) is 0 Å². The molecule has 8 heteroatoms. The zero-order valence-electron chi connectivity index (χ0n) is 17.2. The van der Waals surface area contributed by atoms with Crippen LogP contribution in [0, 0.1) is 13.8 Å². The van der Waals surface area contributed by atoms with Crippen molar-refractivity contribution in [1.82, 2.24) is 21.2 Å². The van der Waals surface area contributed by atoms with Gasteiger partial charge in [-0.15, -0.1) is 0 Å². The monoisotopic (exact) mass is 407 g/mol. The molecule has 30 heavy (non-hydrogen) atoms. The highest BCUT2D eigenvalue weighted by Gasteiger charge is 2.24. The number of anilines is 1. The van der Waals surface area contributed by atoms with Crippen molar-refractivity contribution < 1.29 is 14.2 Å². The number of hydrogen-bond donors (Lipinski definition) is 3. The molecular formula is C22H25N5O3. The molecule has 0 bridgehead atoms. The molecular weight excluding hydrogens is 382 g/mol. The Hall–Kier alpha value is -3.23. The molecule has 1 amide bonds. The number of ether oxygens (including phenoxy) is 1. The molecule has 0 spiro atoms. The van der Waals surface area contributed by atoms with Gasteiger partial charge in [0.2, 0.25) is 0 Å². The van der Waals surface area contributed by atoms with Gasteiger partial charge in [-0.25, -0.2) is 10.1 Å². The Morgan fingerprint density at radius 3 is 2.63 bits per heavy atom. The van der Waals surface area contributed by atoms with Crippen molar-refractivity contribution in [3.05, 3.63) is 70.5 Å². The Labute approximate surface area is 174 Å². The van der Waals surface area contributed by atoms with Crippen LogP contribution in [0.15, 0.2) is 47.1 Å². The summed E-state index contributed by atoms with van der Waals surface area (Å²) in [5, 5.41) is 10.6. The van der Waals surface area contributed by atoms with Crippen molar-refractivity contribution in [2.75, 3.05) is 5.32 Å². The second-order valence-corrected chi connectivity index (χ2v) is 7.63. The van der Waals surface area contributed by atoms with E-state index in [2.05, 4.69) is 51.0 Å². The van der Waals surface area contributed by atoms with Crippen LogP contribution in [0.5, 0.6) is 5.75 Å². The lowest BCUT2D eigenvalue weighted by atomic mass is 9.98. The van der Waals surface area contributed by atoms with Crippen LogP contribution >= 0.6 is 0 Å². The lowest BCUT2D eigenvalue weighted by Crippen LogP contribution is -2.29. The molecule has 1 fully saturated rings. The summed E-state index contributed by atoms with van der Waals surface area (Å²) in [5.74, 6) is 0.474. The van der Waals surface area contributed by atoms with Gasteiger partial charge in [-0.1, -0.05) is 28.0 Å². The summed E-state index contributed by atoms with van der Waals surface area (Å²) in [6.45, 7) is 6.25. The number of hydrogen-bond acceptors (Lipinski definition) is 7. The molecule has 3 N–H and O–H groups in total. The van der Waals surface area contributed by atoms with E-state index in [0.717, 1.165) is 23.2 Å². The summed E-state index contributed by atoms with van der Waals surface area (Å²) < 4.78 is 10.3. The van der Waals surface area contributed by atoms with E-state index in [0.29, 0.717) is 28.7 Å². The first-order valence-corrected chi connectivity index (χ1v) is 9.93. The van der Waals surface area contributed by atoms with Crippen molar-refractivity contribution in [2.45, 2.75) is 45.9 Å². The Kier molecular flexibility index (Phi) is 5.78. The van der Waals surface area contributed by atoms with Crippen LogP contribution in [0.1, 0.15) is 52.3 Å². The van der Waals surface area contributed by atoms with Gasteiger partial charge in [-0.2, -0.15) is 0 Å². The zero-order valence-corrected chi connectivity index (χ0v) is 17.2. The minimum atomic E-state index is -0.165. The molecule has 0 saturated carbocycles. The summed E-state index contributed by atoms with van der Waals surface area (Å²) in [7, 11) is 0. The van der Waals surface area contributed by atoms with Crippen molar-refractivity contribution in [2.24, 2.45) is 0 Å². The Morgan fingerprint density at radius 2 is 1.97 bits per heavy atom. The van der Waals surface area contributed by atoms with Crippen LogP contribution in [0.4, 0.5) is 5.69 Å². The van der Waals surface area contributed by atoms with Crippen LogP contribution in [0.3, 0.4) is 0 Å². The Bertz CT molecular complexity index is 1030. The zero-order chi connectivity index (χ0) is 21.1. The van der Waals surface area contributed by atoms with Crippen LogP contribution in [0.25, 0.3) is 0 Å². The average Bonchev–Trinajstić information content (AvgIpc) is 3.36. The summed E-state index contributed by atoms with van der Waals surface area (Å²) in [4.78, 5) is 12.8. The first-order valence-electron chi connectivity index (χ1n) is 9.93. The van der Waals surface area contributed by atoms with E-state index in [9.17, 15) is 4.79 Å². The van der Waals surface area contributed by atoms with E-state index in [4.69, 9.17) is 4.74 Å². The fraction of sp³-hybridized carbons (Fsp3) is 0.318. The molecule has 2 aromatic carbocycles. The molecule has 2 unspecified atom stereocenters. The molecule has 8 nitrogen and oxygen atoms in total. The Balaban J connectivity index is 1.43. The number of benzene rings is 2. The third-order valence-electron chi connectivity index (χ3n) is 5.16. The van der Waals surface area contributed by atoms with E-state index < -0.39 is 0 Å². The second kappa shape index (κ2) is 8.64. The predicted octanol–water partition coefficient (Wildman–Crippen LogP) is 3.45. The fourth-order valence-electron chi connectivity index (χ4n) is 3.43. The molecule has 1 aliphatic rings. The largest absolute Gasteiger partial charge is 0.487 e. The number of nitrogens with one attached hydrogen (secondary N) is 3. The summed E-state index contributed by atoms with van der Waals surface area (Å²) in [5.41, 5.74) is 11.5. The quantitative estimate of drug-likeness (QED) is 0.575. The molecule has 3 aromatic rings. The van der Waals surface area contributed by atoms with Gasteiger partial charge in [0.05, 0.1) is 0 Å². The second-order valence-electron chi connectivity index (χ2n) is 7.63. The van der Waals surface area contributed by atoms with Gasteiger partial charge in [-0.05, 0) is 63.1 Å². The van der Waals surface area contributed by atoms with Crippen LogP contribution in [-0.2, 0) is 6.61 Å². The van der Waals surface area contributed by atoms with Gasteiger partial charge in [0.1, 0.15) is 23.7 Å². The van der Waals surface area contributed by atoms with Crippen LogP contribution in [-0.4, -0.2) is 22.3 Å². The number of aromatic nitrogens is 2. The van der Waals surface area contributed by atoms with Crippen LogP contribution < -0.4 is 20.9 Å². The first kappa shape index (κ1) is 20.1. The highest BCUT2D eigenvalue weighted by atomic mass is 16.6. The molecule has 0 aliphatic carbocycles. The van der Waals surface area contributed by atoms with E-state index >= 15 is 0 Å². The van der Waals surface area contributed by atoms with Gasteiger partial charge in [-0.3, -0.25) is 10.2 Å². The highest BCUT2D eigenvalue weighted by Crippen LogP contribution is 2.30. The van der Waals surface area contributed by atoms with Gasteiger partial charge in [0.15, 0.2) is 0 Å². The summed E-state index contributed by atoms with van der Waals surface area (Å²) in [6.07, 6.45) is 0.957. The van der Waals surface area contributed by atoms with Crippen molar-refractivity contribution in [3.8, 4) is 5.75 Å². The number of rotatable bonds is 6. The number of carbonyl (C=O) groups excluding carboxylic acids is 1. The topological polar surface area (TPSA) is 101 Å². The number of hydrazine groups is 1. The van der Waals surface area contributed by atoms with E-state index in [1.807, 2.05) is 12.1 Å². The maximum atomic E-state index is 12.8. The third-order valence-corrected chi connectivity index (χ3v) is 5.16. The van der Waals surface area contributed by atoms with E-state index in [-0.39, 0.29) is 18.6 Å². The van der Waals surface area contributed by atoms with Gasteiger partial charge in [0.25, 0.3) is 5.91 Å². The SMILES string of the molecule is Cc1ccc(NC(=O)c2ccc(OCc3nonc3C)cc2)c(C2CC(C)NN2)c1. The molecule has 2 heterocycles. The highest BCUT2D eigenvalue weighted by molar-refractivity contribution is 6.04. The lowest BCUT2D eigenvalue weighted by molar-refractivity contribution is 0.102. The maximum absolute atomic E-state index is 12.8. The average molecular weight is 407 g/mol. The summed E-state index contributed by atoms with van der Waals surface area (Å²) in [6, 6.07) is 13.6. The van der Waals surface area contributed by atoms with Gasteiger partial charge < -0.3 is 10.1 Å². The van der Waals surface area contributed by atoms with Crippen molar-refractivity contribution in [1.29, 1.82) is 0 Å². The number of amides is 1. The van der Waals surface area contributed by atoms with Gasteiger partial charge in [0, 0.05) is 23.3 Å². The minimum absolute atomic E-state index is 0.153. The van der Waals surface area contributed by atoms with Gasteiger partial charge >= 0.3 is 0 Å². The molecule has 156 valence electrons. The fourth-order valence-corrected chi connectivity index (χ4v) is 3.43. The molecule has 1 aromatic heterocycles. The normalized spacial score (nSPS) is 18.4. The van der Waals surface area contributed by atoms with Crippen molar-refractivity contribution >= 4 is 11.6 Å². The van der Waals surface area contributed by atoms with Crippen LogP contribution in [0.2, 0.25) is 0 Å². The lowest BCUT2D eigenvalue weighted by Gasteiger charge is -2.17. The number of carbonyl (C=O) groups is 1. The van der Waals surface area contributed by atoms with Crippen molar-refractivity contribution in [3.63, 3.8) is 0 Å². The molecule has 0 radical (unpaired) electrons. The number of nitrogens with zero attached hydrogens (tertiary/aromatic N) is 2. The number of aryl methyl sites for hydroxylation is 2. The summed E-state index contributed by atoms with van der Waals surface area (Å²) >= 11 is 0. The minimum Gasteiger partial charge on any atom is -0.487 e. The standard InChI is InChI=1S/C22H25N5O3/c1-13-4-9-19(18(10-13)20-11-14(2)24-25-20)23-22(28)16-5-7-17(8-6-16)29-12-21-15(3)26-30-27-21/h4-10,14,20,24-25H,11-12H2,1-3H3,(H,23,28). The Morgan fingerprint density at radius 1 is 1.17 bits per heavy atom. The molecule has 2 atom stereocenters.